The minimum Gasteiger partial charge on any atom is -0.465 e. The highest BCUT2D eigenvalue weighted by Gasteiger charge is 2.10. The molecular formula is C28H50N8O12. The zero-order valence-corrected chi connectivity index (χ0v) is 27.2. The zero-order valence-electron chi connectivity index (χ0n) is 27.2. The van der Waals surface area contributed by atoms with E-state index in [2.05, 4.69) is 20.6 Å². The number of hydrogen-bond acceptors (Lipinski definition) is 14. The maximum absolute atomic E-state index is 11.1. The fraction of sp³-hybridized carbons (Fsp3) is 0.714. The van der Waals surface area contributed by atoms with Gasteiger partial charge in [-0.15, -0.1) is 0 Å². The molecule has 0 aromatic carbocycles. The Morgan fingerprint density at radius 2 is 0.792 bits per heavy atom. The van der Waals surface area contributed by atoms with Crippen LogP contribution < -0.4 is 32.7 Å². The second-order valence-electron chi connectivity index (χ2n) is 9.85. The third-order valence-corrected chi connectivity index (χ3v) is 5.94. The van der Waals surface area contributed by atoms with E-state index in [0.717, 1.165) is 0 Å². The van der Waals surface area contributed by atoms with Crippen molar-refractivity contribution in [2.75, 3.05) is 104 Å². The quantitative estimate of drug-likeness (QED) is 0.0550. The number of nitrogens with two attached hydrogens (primary N) is 2. The Bertz CT molecular complexity index is 988. The average Bonchev–Trinajstić information content (AvgIpc) is 3.02. The van der Waals surface area contributed by atoms with E-state index in [0.29, 0.717) is 154 Å². The molecule has 0 aliphatic carbocycles. The summed E-state index contributed by atoms with van der Waals surface area (Å²) in [6.45, 7) is 5.66. The Kier molecular flexibility index (Phi) is 24.4. The Morgan fingerprint density at radius 3 is 1.10 bits per heavy atom. The van der Waals surface area contributed by atoms with E-state index in [4.69, 9.17) is 50.1 Å². The van der Waals surface area contributed by atoms with Crippen LogP contribution in [0.1, 0.15) is 37.1 Å². The Morgan fingerprint density at radius 1 is 0.500 bits per heavy atom. The van der Waals surface area contributed by atoms with Crippen LogP contribution >= 0.6 is 0 Å². The molecular weight excluding hydrogens is 640 g/mol. The van der Waals surface area contributed by atoms with Crippen LogP contribution in [-0.2, 0) is 41.3 Å². The van der Waals surface area contributed by atoms with Crippen LogP contribution in [-0.4, -0.2) is 137 Å². The summed E-state index contributed by atoms with van der Waals surface area (Å²) >= 11 is 0. The van der Waals surface area contributed by atoms with Gasteiger partial charge < -0.3 is 60.7 Å². The van der Waals surface area contributed by atoms with Crippen LogP contribution in [0.5, 0.6) is 0 Å². The molecule has 0 radical (unpaired) electrons. The molecule has 0 bridgehead atoms. The number of urea groups is 2. The van der Waals surface area contributed by atoms with Gasteiger partial charge in [-0.3, -0.25) is 0 Å². The fourth-order valence-electron chi connectivity index (χ4n) is 3.70. The molecule has 274 valence electrons. The third-order valence-electron chi connectivity index (χ3n) is 5.94. The zero-order chi connectivity index (χ0) is 35.2. The Labute approximate surface area is 278 Å². The molecule has 10 N–H and O–H groups in total. The summed E-state index contributed by atoms with van der Waals surface area (Å²) < 4.78 is 32.8. The first-order chi connectivity index (χ1) is 23.2. The lowest BCUT2D eigenvalue weighted by atomic mass is 10.2. The summed E-state index contributed by atoms with van der Waals surface area (Å²) in [4.78, 5) is 51.6. The fourth-order valence-corrected chi connectivity index (χ4v) is 3.70. The van der Waals surface area contributed by atoms with Crippen molar-refractivity contribution in [3.63, 3.8) is 0 Å². The van der Waals surface area contributed by atoms with Gasteiger partial charge in [-0.25, -0.2) is 39.8 Å². The maximum Gasteiger partial charge on any atom is 0.412 e. The monoisotopic (exact) mass is 690 g/mol. The topological polar surface area (TPSA) is 290 Å². The molecule has 1 aromatic heterocycles. The molecule has 0 unspecified atom stereocenters. The van der Waals surface area contributed by atoms with Gasteiger partial charge in [0.15, 0.2) is 0 Å². The molecule has 0 spiro atoms. The van der Waals surface area contributed by atoms with Crippen molar-refractivity contribution in [1.29, 1.82) is 0 Å². The maximum atomic E-state index is 11.1. The Hall–Kier alpha value is -4.08. The summed E-state index contributed by atoms with van der Waals surface area (Å²) in [5.41, 5.74) is 13.5. The molecule has 48 heavy (non-hydrogen) atoms. The number of nitrogens with zero attached hydrogens (tertiary/aromatic N) is 2. The van der Waals surface area contributed by atoms with Gasteiger partial charge in [0.05, 0.1) is 64.2 Å². The molecule has 0 saturated carbocycles. The van der Waals surface area contributed by atoms with E-state index in [9.17, 15) is 19.2 Å². The SMILES string of the molecule is Nc1nc(CCCOCCOCCOCCCNC(=O)NC(=O)O)c(N)nc1CCCOCCOCCOCCCNC(=O)NC(=O)O. The molecule has 20 heteroatoms. The van der Waals surface area contributed by atoms with Crippen molar-refractivity contribution in [2.24, 2.45) is 0 Å². The first-order valence-corrected chi connectivity index (χ1v) is 15.6. The van der Waals surface area contributed by atoms with Crippen LogP contribution in [0.25, 0.3) is 0 Å². The number of imide groups is 2. The lowest BCUT2D eigenvalue weighted by Gasteiger charge is -2.11. The number of hydrogen-bond donors (Lipinski definition) is 8. The largest absolute Gasteiger partial charge is 0.465 e. The highest BCUT2D eigenvalue weighted by molar-refractivity contribution is 5.90. The summed E-state index contributed by atoms with van der Waals surface area (Å²) in [6.07, 6.45) is 0.788. The van der Waals surface area contributed by atoms with E-state index in [1.807, 2.05) is 0 Å². The number of nitrogens with one attached hydrogen (secondary N) is 4. The molecule has 1 heterocycles. The van der Waals surface area contributed by atoms with Crippen LogP contribution in [0, 0.1) is 0 Å². The molecule has 0 aliphatic heterocycles. The molecule has 0 saturated heterocycles. The number of rotatable bonds is 28. The summed E-state index contributed by atoms with van der Waals surface area (Å²) in [5.74, 6) is 0.691. The van der Waals surface area contributed by atoms with Crippen LogP contribution in [0.3, 0.4) is 0 Å². The predicted octanol–water partition coefficient (Wildman–Crippen LogP) is 0.340. The van der Waals surface area contributed by atoms with Crippen LogP contribution in [0.4, 0.5) is 30.8 Å². The first-order valence-electron chi connectivity index (χ1n) is 15.6. The number of carbonyl (C=O) groups is 4. The summed E-state index contributed by atoms with van der Waals surface area (Å²) in [7, 11) is 0. The third kappa shape index (κ3) is 24.1. The number of amides is 6. The van der Waals surface area contributed by atoms with Crippen molar-refractivity contribution < 1.29 is 57.8 Å². The summed E-state index contributed by atoms with van der Waals surface area (Å²) in [5, 5.41) is 24.9. The number of nitrogen functional groups attached to an aromatic ring is 2. The van der Waals surface area contributed by atoms with Crippen LogP contribution in [0.2, 0.25) is 0 Å². The van der Waals surface area contributed by atoms with Gasteiger partial charge in [0.25, 0.3) is 0 Å². The molecule has 1 rings (SSSR count). The highest BCUT2D eigenvalue weighted by Crippen LogP contribution is 2.16. The number of aryl methyl sites for hydroxylation is 2. The highest BCUT2D eigenvalue weighted by atomic mass is 16.5. The number of carboxylic acid groups (broad SMARTS) is 2. The van der Waals surface area contributed by atoms with Gasteiger partial charge in [-0.05, 0) is 38.5 Å². The lowest BCUT2D eigenvalue weighted by molar-refractivity contribution is 0.0138. The molecule has 1 aromatic rings. The predicted molar refractivity (Wildman–Crippen MR) is 171 cm³/mol. The minimum atomic E-state index is -1.41. The number of anilines is 2. The minimum absolute atomic E-state index is 0.295. The standard InChI is InChI=1S/C28H50N8O12/c29-23-21(5-1-9-43-13-17-47-19-15-45-11-3-7-31-25(37)35-27(39)40)33-24(30)22(34-23)6-2-10-44-14-18-48-20-16-46-12-4-8-32-26(38)36-28(41)42/h1-20H2,(H2,30,33)(H2,29,34)(H,39,40)(H,41,42)(H2,31,35,37)(H2,32,36,38). The normalized spacial score (nSPS) is 10.8. The van der Waals surface area contributed by atoms with Crippen molar-refractivity contribution in [3.05, 3.63) is 11.4 Å². The molecule has 0 aliphatic rings. The van der Waals surface area contributed by atoms with Crippen molar-refractivity contribution >= 4 is 35.9 Å². The van der Waals surface area contributed by atoms with Gasteiger partial charge in [0.2, 0.25) is 0 Å². The van der Waals surface area contributed by atoms with Gasteiger partial charge in [0, 0.05) is 39.5 Å². The molecule has 0 fully saturated rings. The van der Waals surface area contributed by atoms with Crippen LogP contribution in [0.15, 0.2) is 0 Å². The van der Waals surface area contributed by atoms with Gasteiger partial charge >= 0.3 is 24.2 Å². The molecule has 0 atom stereocenters. The van der Waals surface area contributed by atoms with E-state index in [1.165, 1.54) is 0 Å². The number of ether oxygens (including phenoxy) is 6. The van der Waals surface area contributed by atoms with E-state index >= 15 is 0 Å². The van der Waals surface area contributed by atoms with E-state index < -0.39 is 24.2 Å². The average molecular weight is 691 g/mol. The van der Waals surface area contributed by atoms with Crippen molar-refractivity contribution in [2.45, 2.75) is 38.5 Å². The van der Waals surface area contributed by atoms with Gasteiger partial charge in [-0.2, -0.15) is 0 Å². The smallest absolute Gasteiger partial charge is 0.412 e. The number of aromatic nitrogens is 2. The van der Waals surface area contributed by atoms with Gasteiger partial charge in [0.1, 0.15) is 11.6 Å². The lowest BCUT2D eigenvalue weighted by Crippen LogP contribution is -2.39. The summed E-state index contributed by atoms with van der Waals surface area (Å²) in [6, 6.07) is -1.54. The number of carbonyl (C=O) groups excluding carboxylic acids is 2. The Balaban J connectivity index is 1.96. The molecule has 20 nitrogen and oxygen atoms in total. The van der Waals surface area contributed by atoms with E-state index in [1.54, 1.807) is 10.6 Å². The van der Waals surface area contributed by atoms with E-state index in [-0.39, 0.29) is 0 Å². The second-order valence-corrected chi connectivity index (χ2v) is 9.85. The molecule has 6 amide bonds. The second kappa shape index (κ2) is 28.0. The van der Waals surface area contributed by atoms with Crippen molar-refractivity contribution in [1.82, 2.24) is 31.2 Å². The van der Waals surface area contributed by atoms with Crippen molar-refractivity contribution in [3.8, 4) is 0 Å². The first kappa shape index (κ1) is 41.9. The van der Waals surface area contributed by atoms with Gasteiger partial charge in [-0.1, -0.05) is 0 Å².